The van der Waals surface area contributed by atoms with Crippen molar-refractivity contribution in [3.63, 3.8) is 0 Å². The zero-order valence-electron chi connectivity index (χ0n) is 11.5. The van der Waals surface area contributed by atoms with E-state index in [1.807, 2.05) is 4.68 Å². The molecule has 1 saturated heterocycles. The molecule has 2 heterocycles. The number of nitro groups is 1. The number of fused-ring (bicyclic) bond motifs is 1. The molecule has 1 aromatic heterocycles. The van der Waals surface area contributed by atoms with Crippen molar-refractivity contribution in [1.82, 2.24) is 14.7 Å². The average molecular weight is 274 g/mol. The van der Waals surface area contributed by atoms with E-state index in [9.17, 15) is 10.1 Å². The van der Waals surface area contributed by atoms with Crippen molar-refractivity contribution in [2.75, 3.05) is 13.1 Å². The van der Waals surface area contributed by atoms with Gasteiger partial charge in [0.2, 0.25) is 0 Å². The lowest BCUT2D eigenvalue weighted by Crippen LogP contribution is -2.35. The third-order valence-corrected chi connectivity index (χ3v) is 3.91. The Kier molecular flexibility index (Phi) is 3.40. The third kappa shape index (κ3) is 2.51. The molecule has 0 spiro atoms. The number of rotatable bonds is 3. The summed E-state index contributed by atoms with van der Waals surface area (Å²) in [5, 5.41) is 16.2. The highest BCUT2D eigenvalue weighted by Crippen LogP contribution is 2.22. The Morgan fingerprint density at radius 2 is 2.35 bits per heavy atom. The molecule has 0 saturated carbocycles. The molecular formula is C14H18N4O2. The molecule has 0 unspecified atom stereocenters. The Morgan fingerprint density at radius 1 is 1.50 bits per heavy atom. The summed E-state index contributed by atoms with van der Waals surface area (Å²) < 4.78 is 1.86. The lowest BCUT2D eigenvalue weighted by atomic mass is 10.0. The van der Waals surface area contributed by atoms with Crippen LogP contribution in [0.1, 0.15) is 19.8 Å². The molecule has 0 bridgehead atoms. The number of nitrogens with zero attached hydrogens (tertiary/aromatic N) is 4. The highest BCUT2D eigenvalue weighted by atomic mass is 16.6. The van der Waals surface area contributed by atoms with Gasteiger partial charge in [-0.05, 0) is 31.4 Å². The maximum atomic E-state index is 10.9. The Bertz CT molecular complexity index is 637. The predicted molar refractivity (Wildman–Crippen MR) is 76.4 cm³/mol. The van der Waals surface area contributed by atoms with Gasteiger partial charge in [0.1, 0.15) is 0 Å². The molecule has 6 nitrogen and oxygen atoms in total. The molecule has 3 rings (SSSR count). The summed E-state index contributed by atoms with van der Waals surface area (Å²) in [5.74, 6) is 0.708. The van der Waals surface area contributed by atoms with Crippen LogP contribution in [0.25, 0.3) is 10.9 Å². The van der Waals surface area contributed by atoms with Crippen LogP contribution in [0.2, 0.25) is 0 Å². The number of benzene rings is 1. The van der Waals surface area contributed by atoms with E-state index in [4.69, 9.17) is 0 Å². The first kappa shape index (κ1) is 13.1. The van der Waals surface area contributed by atoms with Gasteiger partial charge in [0.25, 0.3) is 5.69 Å². The van der Waals surface area contributed by atoms with Gasteiger partial charge in [0.15, 0.2) is 0 Å². The number of likely N-dealkylation sites (tertiary alicyclic amines) is 1. The Balaban J connectivity index is 1.87. The van der Waals surface area contributed by atoms with Gasteiger partial charge in [-0.2, -0.15) is 5.10 Å². The van der Waals surface area contributed by atoms with E-state index in [1.54, 1.807) is 18.3 Å². The standard InChI is InChI=1S/C14H18N4O2/c1-11-3-2-6-16(9-11)10-17-14-7-13(18(19)20)5-4-12(14)8-15-17/h4-5,7-8,11H,2-3,6,9-10H2,1H3/t11-/m1/s1. The summed E-state index contributed by atoms with van der Waals surface area (Å²) in [7, 11) is 0. The van der Waals surface area contributed by atoms with Crippen LogP contribution in [0.15, 0.2) is 24.4 Å². The van der Waals surface area contributed by atoms with Gasteiger partial charge in [0.05, 0.1) is 23.3 Å². The van der Waals surface area contributed by atoms with Crippen molar-refractivity contribution in [3.05, 3.63) is 34.5 Å². The van der Waals surface area contributed by atoms with E-state index in [-0.39, 0.29) is 10.6 Å². The lowest BCUT2D eigenvalue weighted by molar-refractivity contribution is -0.384. The van der Waals surface area contributed by atoms with E-state index >= 15 is 0 Å². The highest BCUT2D eigenvalue weighted by molar-refractivity contribution is 5.80. The van der Waals surface area contributed by atoms with Crippen LogP contribution in [0.3, 0.4) is 0 Å². The normalized spacial score (nSPS) is 20.4. The zero-order chi connectivity index (χ0) is 14.1. The largest absolute Gasteiger partial charge is 0.284 e. The summed E-state index contributed by atoms with van der Waals surface area (Å²) in [6, 6.07) is 4.89. The Labute approximate surface area is 117 Å². The molecular weight excluding hydrogens is 256 g/mol. The number of hydrogen-bond acceptors (Lipinski definition) is 4. The molecule has 1 atom stereocenters. The molecule has 1 aliphatic heterocycles. The first-order chi connectivity index (χ1) is 9.63. The highest BCUT2D eigenvalue weighted by Gasteiger charge is 2.18. The maximum absolute atomic E-state index is 10.9. The topological polar surface area (TPSA) is 64.2 Å². The maximum Gasteiger partial charge on any atom is 0.271 e. The minimum atomic E-state index is -0.361. The van der Waals surface area contributed by atoms with Crippen LogP contribution in [0, 0.1) is 16.0 Å². The quantitative estimate of drug-likeness (QED) is 0.637. The average Bonchev–Trinajstić information content (AvgIpc) is 2.81. The molecule has 1 aromatic carbocycles. The summed E-state index contributed by atoms with van der Waals surface area (Å²) in [4.78, 5) is 12.9. The van der Waals surface area contributed by atoms with E-state index in [0.717, 1.165) is 24.0 Å². The van der Waals surface area contributed by atoms with Crippen LogP contribution in [0.5, 0.6) is 0 Å². The second-order valence-corrected chi connectivity index (χ2v) is 5.61. The van der Waals surface area contributed by atoms with Gasteiger partial charge in [-0.3, -0.25) is 19.7 Å². The van der Waals surface area contributed by atoms with Crippen molar-refractivity contribution >= 4 is 16.6 Å². The molecule has 106 valence electrons. The van der Waals surface area contributed by atoms with E-state index in [1.165, 1.54) is 18.9 Å². The molecule has 0 aliphatic carbocycles. The van der Waals surface area contributed by atoms with Crippen molar-refractivity contribution < 1.29 is 4.92 Å². The molecule has 1 aliphatic rings. The van der Waals surface area contributed by atoms with Crippen molar-refractivity contribution in [1.29, 1.82) is 0 Å². The Hall–Kier alpha value is -1.95. The van der Waals surface area contributed by atoms with E-state index in [0.29, 0.717) is 12.6 Å². The van der Waals surface area contributed by atoms with Gasteiger partial charge in [-0.15, -0.1) is 0 Å². The smallest absolute Gasteiger partial charge is 0.271 e. The summed E-state index contributed by atoms with van der Waals surface area (Å²) in [5.41, 5.74) is 0.948. The zero-order valence-corrected chi connectivity index (χ0v) is 11.5. The summed E-state index contributed by atoms with van der Waals surface area (Å²) in [6.07, 6.45) is 4.26. The molecule has 20 heavy (non-hydrogen) atoms. The number of aromatic nitrogens is 2. The predicted octanol–water partition coefficient (Wildman–Crippen LogP) is 2.63. The van der Waals surface area contributed by atoms with Gasteiger partial charge >= 0.3 is 0 Å². The van der Waals surface area contributed by atoms with Gasteiger partial charge in [0, 0.05) is 24.1 Å². The first-order valence-corrected chi connectivity index (χ1v) is 6.96. The van der Waals surface area contributed by atoms with Crippen molar-refractivity contribution in [2.45, 2.75) is 26.4 Å². The van der Waals surface area contributed by atoms with Crippen LogP contribution in [-0.2, 0) is 6.67 Å². The van der Waals surface area contributed by atoms with E-state index in [2.05, 4.69) is 16.9 Å². The van der Waals surface area contributed by atoms with Crippen LogP contribution >= 0.6 is 0 Å². The minimum Gasteiger partial charge on any atom is -0.284 e. The summed E-state index contributed by atoms with van der Waals surface area (Å²) in [6.45, 7) is 5.10. The second kappa shape index (κ2) is 5.20. The SMILES string of the molecule is C[C@@H]1CCCN(Cn2ncc3ccc([N+](=O)[O-])cc32)C1. The van der Waals surface area contributed by atoms with Crippen LogP contribution < -0.4 is 0 Å². The monoisotopic (exact) mass is 274 g/mol. The fourth-order valence-corrected chi connectivity index (χ4v) is 2.89. The molecule has 6 heteroatoms. The third-order valence-electron chi connectivity index (χ3n) is 3.91. The number of non-ortho nitro benzene ring substituents is 1. The first-order valence-electron chi connectivity index (χ1n) is 6.96. The number of piperidine rings is 1. The fourth-order valence-electron chi connectivity index (χ4n) is 2.89. The molecule has 2 aromatic rings. The number of hydrogen-bond donors (Lipinski definition) is 0. The van der Waals surface area contributed by atoms with Crippen LogP contribution in [-0.4, -0.2) is 32.7 Å². The summed E-state index contributed by atoms with van der Waals surface area (Å²) >= 11 is 0. The molecule has 0 radical (unpaired) electrons. The van der Waals surface area contributed by atoms with E-state index < -0.39 is 0 Å². The van der Waals surface area contributed by atoms with Gasteiger partial charge in [-0.25, -0.2) is 0 Å². The number of nitro benzene ring substituents is 1. The van der Waals surface area contributed by atoms with Crippen LogP contribution in [0.4, 0.5) is 5.69 Å². The molecule has 0 amide bonds. The fraction of sp³-hybridized carbons (Fsp3) is 0.500. The second-order valence-electron chi connectivity index (χ2n) is 5.61. The van der Waals surface area contributed by atoms with Crippen molar-refractivity contribution in [2.24, 2.45) is 5.92 Å². The lowest BCUT2D eigenvalue weighted by Gasteiger charge is -2.30. The minimum absolute atomic E-state index is 0.117. The van der Waals surface area contributed by atoms with Gasteiger partial charge in [-0.1, -0.05) is 6.92 Å². The van der Waals surface area contributed by atoms with Crippen molar-refractivity contribution in [3.8, 4) is 0 Å². The molecule has 1 fully saturated rings. The van der Waals surface area contributed by atoms with Gasteiger partial charge < -0.3 is 0 Å². The Morgan fingerprint density at radius 3 is 3.10 bits per heavy atom. The molecule has 0 N–H and O–H groups in total.